The van der Waals surface area contributed by atoms with Gasteiger partial charge in [0, 0.05) is 31.1 Å². The fourth-order valence-corrected chi connectivity index (χ4v) is 7.42. The van der Waals surface area contributed by atoms with E-state index in [4.69, 9.17) is 39.3 Å². The molecule has 0 amide bonds. The van der Waals surface area contributed by atoms with Crippen molar-refractivity contribution in [3.05, 3.63) is 33.1 Å². The topological polar surface area (TPSA) is 131 Å². The standard InChI is InChI=1S/C25H45ClN3O9PSi/c1-24(2,3)40(7,8)38-19-15-22(29-12-9-21(30)27-23(29)31)36-20(19)17-35-39(32,28(6)13-11-26)34-14-10-18-16-33-25(4,5)37-18/h9,12,18-20,22H,10-11,13-17H2,1-8H3,(H,27,30,31)/t18?,19-,20+,22+,39?/m0/s1. The number of halogens is 1. The van der Waals surface area contributed by atoms with Gasteiger partial charge in [-0.05, 0) is 45.4 Å². The highest BCUT2D eigenvalue weighted by molar-refractivity contribution is 7.51. The van der Waals surface area contributed by atoms with E-state index in [1.165, 1.54) is 21.5 Å². The van der Waals surface area contributed by atoms with Gasteiger partial charge in [-0.3, -0.25) is 23.4 Å². The van der Waals surface area contributed by atoms with Gasteiger partial charge in [0.25, 0.3) is 5.56 Å². The predicted molar refractivity (Wildman–Crippen MR) is 154 cm³/mol. The van der Waals surface area contributed by atoms with Gasteiger partial charge in [0.1, 0.15) is 12.3 Å². The van der Waals surface area contributed by atoms with Gasteiger partial charge in [-0.15, -0.1) is 11.6 Å². The minimum absolute atomic E-state index is 0.0785. The van der Waals surface area contributed by atoms with Crippen molar-refractivity contribution in [2.24, 2.45) is 0 Å². The Hall–Kier alpha value is -0.863. The molecular formula is C25H45ClN3O9PSi. The summed E-state index contributed by atoms with van der Waals surface area (Å²) < 4.78 is 52.9. The number of rotatable bonds is 13. The minimum Gasteiger partial charge on any atom is -0.411 e. The first kappa shape index (κ1) is 33.6. The van der Waals surface area contributed by atoms with E-state index in [-0.39, 0.29) is 36.8 Å². The number of nitrogens with zero attached hydrogens (tertiary/aromatic N) is 2. The molecule has 0 bridgehead atoms. The van der Waals surface area contributed by atoms with Crippen LogP contribution in [-0.2, 0) is 32.2 Å². The van der Waals surface area contributed by atoms with E-state index in [0.29, 0.717) is 19.4 Å². The molecule has 0 spiro atoms. The normalized spacial score (nSPS) is 26.9. The van der Waals surface area contributed by atoms with E-state index in [1.54, 1.807) is 7.05 Å². The summed E-state index contributed by atoms with van der Waals surface area (Å²) in [6.07, 6.45) is 0.255. The van der Waals surface area contributed by atoms with Gasteiger partial charge in [0.2, 0.25) is 0 Å². The molecule has 0 saturated carbocycles. The van der Waals surface area contributed by atoms with Gasteiger partial charge in [-0.1, -0.05) is 20.8 Å². The smallest absolute Gasteiger partial charge is 0.408 e. The van der Waals surface area contributed by atoms with Gasteiger partial charge in [0.05, 0.1) is 32.0 Å². The zero-order chi connectivity index (χ0) is 29.9. The lowest BCUT2D eigenvalue weighted by Gasteiger charge is -2.39. The van der Waals surface area contributed by atoms with Crippen molar-refractivity contribution in [2.45, 2.75) is 95.9 Å². The maximum atomic E-state index is 13.9. The third kappa shape index (κ3) is 8.59. The average molecular weight is 626 g/mol. The van der Waals surface area contributed by atoms with Crippen LogP contribution in [0.2, 0.25) is 18.1 Å². The molecule has 2 saturated heterocycles. The Morgan fingerprint density at radius 3 is 2.55 bits per heavy atom. The van der Waals surface area contributed by atoms with E-state index < -0.39 is 51.5 Å². The number of alkyl halides is 1. The summed E-state index contributed by atoms with van der Waals surface area (Å²) in [6, 6.07) is 1.27. The lowest BCUT2D eigenvalue weighted by atomic mass is 10.2. The number of hydrogen-bond acceptors (Lipinski definition) is 9. The molecule has 2 fully saturated rings. The minimum atomic E-state index is -3.77. The molecule has 2 aliphatic heterocycles. The van der Waals surface area contributed by atoms with Gasteiger partial charge < -0.3 is 18.6 Å². The van der Waals surface area contributed by atoms with Crippen LogP contribution in [0.3, 0.4) is 0 Å². The monoisotopic (exact) mass is 625 g/mol. The van der Waals surface area contributed by atoms with Crippen LogP contribution >= 0.6 is 19.3 Å². The van der Waals surface area contributed by atoms with Crippen LogP contribution in [0.4, 0.5) is 0 Å². The molecule has 1 aromatic heterocycles. The lowest BCUT2D eigenvalue weighted by molar-refractivity contribution is -0.139. The molecule has 2 aliphatic rings. The Morgan fingerprint density at radius 2 is 1.98 bits per heavy atom. The number of H-pyrrole nitrogens is 1. The first-order chi connectivity index (χ1) is 18.5. The number of aromatic nitrogens is 2. The molecule has 40 heavy (non-hydrogen) atoms. The maximum Gasteiger partial charge on any atom is 0.408 e. The average Bonchev–Trinajstić information content (AvgIpc) is 3.38. The molecule has 0 aromatic carbocycles. The van der Waals surface area contributed by atoms with Crippen LogP contribution < -0.4 is 11.2 Å². The summed E-state index contributed by atoms with van der Waals surface area (Å²) in [5.41, 5.74) is -1.07. The van der Waals surface area contributed by atoms with Crippen LogP contribution in [0, 0.1) is 0 Å². The largest absolute Gasteiger partial charge is 0.411 e. The van der Waals surface area contributed by atoms with E-state index in [0.717, 1.165) is 0 Å². The van der Waals surface area contributed by atoms with Crippen LogP contribution in [0.15, 0.2) is 21.9 Å². The molecule has 3 heterocycles. The molecule has 0 radical (unpaired) electrons. The zero-order valence-electron chi connectivity index (χ0n) is 24.8. The summed E-state index contributed by atoms with van der Waals surface area (Å²) in [5.74, 6) is -0.432. The Morgan fingerprint density at radius 1 is 1.27 bits per heavy atom. The fourth-order valence-electron chi connectivity index (χ4n) is 4.21. The number of hydrogen-bond donors (Lipinski definition) is 1. The van der Waals surface area contributed by atoms with Gasteiger partial charge in [-0.2, -0.15) is 0 Å². The number of aromatic amines is 1. The second-order valence-electron chi connectivity index (χ2n) is 12.2. The van der Waals surface area contributed by atoms with Crippen LogP contribution in [-0.4, -0.2) is 85.9 Å². The van der Waals surface area contributed by atoms with Crippen molar-refractivity contribution in [1.29, 1.82) is 0 Å². The number of nitrogens with one attached hydrogen (secondary N) is 1. The zero-order valence-corrected chi connectivity index (χ0v) is 27.5. The summed E-state index contributed by atoms with van der Waals surface area (Å²) in [7, 11) is -4.40. The van der Waals surface area contributed by atoms with Crippen molar-refractivity contribution in [1.82, 2.24) is 14.2 Å². The second kappa shape index (κ2) is 13.2. The SMILES string of the molecule is CN(CCCl)P(=O)(OCCC1COC(C)(C)O1)OC[C@H]1O[C@@H](n2ccc(=O)[nH]c2=O)C[C@@H]1O[Si](C)(C)C(C)(C)C. The van der Waals surface area contributed by atoms with Crippen LogP contribution in [0.5, 0.6) is 0 Å². The molecule has 12 nitrogen and oxygen atoms in total. The van der Waals surface area contributed by atoms with Crippen molar-refractivity contribution >= 4 is 27.7 Å². The third-order valence-electron chi connectivity index (χ3n) is 7.58. The summed E-state index contributed by atoms with van der Waals surface area (Å²) >= 11 is 5.94. The second-order valence-corrected chi connectivity index (χ2v) is 19.5. The van der Waals surface area contributed by atoms with E-state index in [1.807, 2.05) is 13.8 Å². The maximum absolute atomic E-state index is 13.9. The highest BCUT2D eigenvalue weighted by Crippen LogP contribution is 2.52. The van der Waals surface area contributed by atoms with Crippen molar-refractivity contribution < 1.29 is 32.2 Å². The van der Waals surface area contributed by atoms with Gasteiger partial charge >= 0.3 is 13.4 Å². The Kier molecular flexibility index (Phi) is 11.1. The summed E-state index contributed by atoms with van der Waals surface area (Å²) in [6.45, 7) is 15.1. The lowest BCUT2D eigenvalue weighted by Crippen LogP contribution is -2.46. The third-order valence-corrected chi connectivity index (χ3v) is 14.3. The van der Waals surface area contributed by atoms with E-state index in [2.05, 4.69) is 38.8 Å². The van der Waals surface area contributed by atoms with E-state index in [9.17, 15) is 14.2 Å². The molecule has 15 heteroatoms. The molecule has 1 N–H and O–H groups in total. The molecule has 5 atom stereocenters. The highest BCUT2D eigenvalue weighted by atomic mass is 35.5. The molecular weight excluding hydrogens is 581 g/mol. The van der Waals surface area contributed by atoms with E-state index >= 15 is 0 Å². The van der Waals surface area contributed by atoms with Crippen molar-refractivity contribution in [2.75, 3.05) is 39.3 Å². The molecule has 3 rings (SSSR count). The number of ether oxygens (including phenoxy) is 3. The fraction of sp³-hybridized carbons (Fsp3) is 0.840. The summed E-state index contributed by atoms with van der Waals surface area (Å²) in [5, 5.41) is -0.0785. The quantitative estimate of drug-likeness (QED) is 0.194. The first-order valence-corrected chi connectivity index (χ1v) is 18.5. The van der Waals surface area contributed by atoms with Crippen LogP contribution in [0.1, 0.15) is 53.7 Å². The van der Waals surface area contributed by atoms with Crippen molar-refractivity contribution in [3.63, 3.8) is 0 Å². The van der Waals surface area contributed by atoms with Crippen molar-refractivity contribution in [3.8, 4) is 0 Å². The molecule has 230 valence electrons. The first-order valence-electron chi connectivity index (χ1n) is 13.6. The van der Waals surface area contributed by atoms with Gasteiger partial charge in [0.15, 0.2) is 14.1 Å². The van der Waals surface area contributed by atoms with Crippen LogP contribution in [0.25, 0.3) is 0 Å². The Labute approximate surface area is 242 Å². The summed E-state index contributed by atoms with van der Waals surface area (Å²) in [4.78, 5) is 26.3. The highest BCUT2D eigenvalue weighted by Gasteiger charge is 2.46. The predicted octanol–water partition coefficient (Wildman–Crippen LogP) is 4.07. The molecule has 1 aromatic rings. The Bertz CT molecular complexity index is 1160. The molecule has 2 unspecified atom stereocenters. The van der Waals surface area contributed by atoms with Gasteiger partial charge in [-0.25, -0.2) is 14.0 Å². The molecule has 0 aliphatic carbocycles. The Balaban J connectivity index is 1.76.